The summed E-state index contributed by atoms with van der Waals surface area (Å²) in [6, 6.07) is 0.395. The lowest BCUT2D eigenvalue weighted by Gasteiger charge is -2.25. The number of hydrogen-bond acceptors (Lipinski definition) is 2. The minimum absolute atomic E-state index is 0.331. The Bertz CT molecular complexity index is 495. The van der Waals surface area contributed by atoms with Gasteiger partial charge in [-0.15, -0.1) is 0 Å². The summed E-state index contributed by atoms with van der Waals surface area (Å²) >= 11 is 0. The number of fused-ring (bicyclic) bond motifs is 2. The maximum absolute atomic E-state index is 3.65. The average molecular weight is 236 g/mol. The van der Waals surface area contributed by atoms with E-state index in [1.165, 1.54) is 11.1 Å². The van der Waals surface area contributed by atoms with Crippen LogP contribution in [0.5, 0.6) is 0 Å². The van der Waals surface area contributed by atoms with Crippen LogP contribution in [-0.4, -0.2) is 23.7 Å². The summed E-state index contributed by atoms with van der Waals surface area (Å²) in [7, 11) is 0. The Kier molecular flexibility index (Phi) is 2.17. The van der Waals surface area contributed by atoms with Gasteiger partial charge in [0.1, 0.15) is 0 Å². The van der Waals surface area contributed by atoms with Crippen LogP contribution in [0.25, 0.3) is 0 Å². The molecule has 2 nitrogen and oxygen atoms in total. The molecule has 0 spiro atoms. The predicted octanol–water partition coefficient (Wildman–Crippen LogP) is 2.28. The topological polar surface area (TPSA) is 15.3 Å². The molecule has 3 unspecified atom stereocenters. The van der Waals surface area contributed by atoms with E-state index in [1.54, 1.807) is 0 Å². The SMILES string of the molecule is C1=CC2=CN(C3C=C4C=CC=CC4N3)CC2C=C1. The summed E-state index contributed by atoms with van der Waals surface area (Å²) in [5, 5.41) is 3.65. The molecule has 1 N–H and O–H groups in total. The molecule has 2 heteroatoms. The van der Waals surface area contributed by atoms with E-state index in [1.807, 2.05) is 0 Å². The van der Waals surface area contributed by atoms with Crippen LogP contribution >= 0.6 is 0 Å². The van der Waals surface area contributed by atoms with Crippen LogP contribution in [0.4, 0.5) is 0 Å². The van der Waals surface area contributed by atoms with Crippen LogP contribution in [0.15, 0.2) is 72.0 Å². The third-order valence-corrected chi connectivity index (χ3v) is 4.01. The molecular formula is C16H16N2. The molecule has 0 amide bonds. The molecule has 3 atom stereocenters. The fraction of sp³-hybridized carbons (Fsp3) is 0.250. The Morgan fingerprint density at radius 3 is 2.67 bits per heavy atom. The summed E-state index contributed by atoms with van der Waals surface area (Å²) in [6.07, 6.45) is 22.4. The fourth-order valence-corrected chi connectivity index (χ4v) is 3.04. The van der Waals surface area contributed by atoms with Gasteiger partial charge in [0.05, 0.1) is 12.2 Å². The molecule has 0 bridgehead atoms. The second-order valence-electron chi connectivity index (χ2n) is 5.18. The first kappa shape index (κ1) is 10.2. The van der Waals surface area contributed by atoms with E-state index in [0.29, 0.717) is 18.1 Å². The van der Waals surface area contributed by atoms with Crippen molar-refractivity contribution in [2.75, 3.05) is 6.54 Å². The molecule has 4 rings (SSSR count). The zero-order valence-electron chi connectivity index (χ0n) is 10.2. The van der Waals surface area contributed by atoms with Crippen molar-refractivity contribution in [3.63, 3.8) is 0 Å². The number of hydrogen-bond donors (Lipinski definition) is 1. The van der Waals surface area contributed by atoms with Crippen molar-refractivity contribution in [3.8, 4) is 0 Å². The van der Waals surface area contributed by atoms with Gasteiger partial charge in [0, 0.05) is 18.7 Å². The second-order valence-corrected chi connectivity index (χ2v) is 5.18. The Morgan fingerprint density at radius 1 is 1.00 bits per heavy atom. The first-order valence-corrected chi connectivity index (χ1v) is 6.55. The molecular weight excluding hydrogens is 220 g/mol. The van der Waals surface area contributed by atoms with Crippen molar-refractivity contribution in [1.29, 1.82) is 0 Å². The quantitative estimate of drug-likeness (QED) is 0.751. The first-order chi connectivity index (χ1) is 8.90. The lowest BCUT2D eigenvalue weighted by Crippen LogP contribution is -2.41. The minimum atomic E-state index is 0.331. The van der Waals surface area contributed by atoms with Gasteiger partial charge in [-0.3, -0.25) is 5.32 Å². The highest BCUT2D eigenvalue weighted by molar-refractivity contribution is 5.42. The molecule has 2 aliphatic carbocycles. The van der Waals surface area contributed by atoms with Gasteiger partial charge in [0.15, 0.2) is 0 Å². The second kappa shape index (κ2) is 3.85. The van der Waals surface area contributed by atoms with E-state index < -0.39 is 0 Å². The number of allylic oxidation sites excluding steroid dienone is 5. The maximum atomic E-state index is 3.65. The molecule has 18 heavy (non-hydrogen) atoms. The van der Waals surface area contributed by atoms with E-state index in [9.17, 15) is 0 Å². The zero-order valence-corrected chi connectivity index (χ0v) is 10.2. The minimum Gasteiger partial charge on any atom is -0.357 e. The standard InChI is InChI=1S/C16H16N2/c1-2-7-14-11-18(10-13(14)6-1)16-9-12-5-3-4-8-15(12)17-16/h1-10,14-17H,11H2. The molecule has 0 saturated carbocycles. The zero-order chi connectivity index (χ0) is 11.9. The van der Waals surface area contributed by atoms with Crippen molar-refractivity contribution < 1.29 is 0 Å². The van der Waals surface area contributed by atoms with Gasteiger partial charge >= 0.3 is 0 Å². The van der Waals surface area contributed by atoms with E-state index >= 15 is 0 Å². The predicted molar refractivity (Wildman–Crippen MR) is 73.6 cm³/mol. The molecule has 0 radical (unpaired) electrons. The number of rotatable bonds is 1. The lowest BCUT2D eigenvalue weighted by molar-refractivity contribution is 0.294. The summed E-state index contributed by atoms with van der Waals surface area (Å²) in [6.45, 7) is 1.08. The van der Waals surface area contributed by atoms with Gasteiger partial charge < -0.3 is 4.90 Å². The van der Waals surface area contributed by atoms with Crippen LogP contribution in [0.1, 0.15) is 0 Å². The van der Waals surface area contributed by atoms with Gasteiger partial charge in [0.2, 0.25) is 0 Å². The summed E-state index contributed by atoms with van der Waals surface area (Å²) in [4.78, 5) is 2.41. The lowest BCUT2D eigenvalue weighted by atomic mass is 9.98. The molecule has 4 aliphatic rings. The van der Waals surface area contributed by atoms with Crippen LogP contribution < -0.4 is 5.32 Å². The highest BCUT2D eigenvalue weighted by Gasteiger charge is 2.31. The largest absolute Gasteiger partial charge is 0.357 e. The molecule has 90 valence electrons. The average Bonchev–Trinajstić information content (AvgIpc) is 3.02. The highest BCUT2D eigenvalue weighted by Crippen LogP contribution is 2.30. The van der Waals surface area contributed by atoms with Crippen molar-refractivity contribution in [1.82, 2.24) is 10.2 Å². The molecule has 2 heterocycles. The summed E-state index contributed by atoms with van der Waals surface area (Å²) < 4.78 is 0. The molecule has 0 fully saturated rings. The number of nitrogens with zero attached hydrogens (tertiary/aromatic N) is 1. The van der Waals surface area contributed by atoms with Gasteiger partial charge in [0.25, 0.3) is 0 Å². The van der Waals surface area contributed by atoms with Crippen LogP contribution in [-0.2, 0) is 0 Å². The summed E-state index contributed by atoms with van der Waals surface area (Å²) in [5.74, 6) is 0.573. The van der Waals surface area contributed by atoms with Gasteiger partial charge in [-0.1, -0.05) is 48.6 Å². The Hall–Kier alpha value is -1.80. The monoisotopic (exact) mass is 236 g/mol. The Labute approximate surface area is 107 Å². The Balaban J connectivity index is 1.57. The first-order valence-electron chi connectivity index (χ1n) is 6.55. The fourth-order valence-electron chi connectivity index (χ4n) is 3.04. The van der Waals surface area contributed by atoms with Crippen LogP contribution in [0, 0.1) is 5.92 Å². The van der Waals surface area contributed by atoms with E-state index in [4.69, 9.17) is 0 Å². The van der Waals surface area contributed by atoms with Gasteiger partial charge in [-0.25, -0.2) is 0 Å². The van der Waals surface area contributed by atoms with Gasteiger partial charge in [-0.05, 0) is 17.2 Å². The molecule has 0 aromatic carbocycles. The molecule has 2 aliphatic heterocycles. The third-order valence-electron chi connectivity index (χ3n) is 4.01. The van der Waals surface area contributed by atoms with E-state index in [-0.39, 0.29) is 0 Å². The summed E-state index contributed by atoms with van der Waals surface area (Å²) in [5.41, 5.74) is 2.82. The van der Waals surface area contributed by atoms with Crippen LogP contribution in [0.2, 0.25) is 0 Å². The van der Waals surface area contributed by atoms with Crippen molar-refractivity contribution >= 4 is 0 Å². The maximum Gasteiger partial charge on any atom is 0.0995 e. The Morgan fingerprint density at radius 2 is 1.83 bits per heavy atom. The normalized spacial score (nSPS) is 35.6. The number of nitrogens with one attached hydrogen (secondary N) is 1. The van der Waals surface area contributed by atoms with Crippen molar-refractivity contribution in [2.45, 2.75) is 12.2 Å². The van der Waals surface area contributed by atoms with E-state index in [2.05, 4.69) is 71.1 Å². The van der Waals surface area contributed by atoms with Gasteiger partial charge in [-0.2, -0.15) is 0 Å². The van der Waals surface area contributed by atoms with E-state index in [0.717, 1.165) is 6.54 Å². The molecule has 0 saturated heterocycles. The smallest absolute Gasteiger partial charge is 0.0995 e. The van der Waals surface area contributed by atoms with Crippen LogP contribution in [0.3, 0.4) is 0 Å². The molecule has 0 aromatic heterocycles. The highest BCUT2D eigenvalue weighted by atomic mass is 15.3. The van der Waals surface area contributed by atoms with Crippen molar-refractivity contribution in [2.24, 2.45) is 5.92 Å². The van der Waals surface area contributed by atoms with Crippen molar-refractivity contribution in [3.05, 3.63) is 72.0 Å². The third kappa shape index (κ3) is 1.53. The molecule has 0 aromatic rings.